The van der Waals surface area contributed by atoms with Gasteiger partial charge in [-0.15, -0.1) is 11.3 Å². The van der Waals surface area contributed by atoms with E-state index in [0.717, 1.165) is 5.56 Å². The van der Waals surface area contributed by atoms with E-state index in [1.807, 2.05) is 19.2 Å². The molecule has 1 heterocycles. The highest BCUT2D eigenvalue weighted by atomic mass is 32.1. The van der Waals surface area contributed by atoms with Crippen molar-refractivity contribution in [2.75, 3.05) is 7.05 Å². The standard InChI is InChI=1S/C13H15NOS/c1-9(14-2)12-7-8-13(16-12)10-3-5-11(15)6-4-10/h3-9,14-15H,1-2H3. The fourth-order valence-corrected chi connectivity index (χ4v) is 2.58. The first kappa shape index (κ1) is 11.2. The Kier molecular flexibility index (Phi) is 3.27. The van der Waals surface area contributed by atoms with Crippen LogP contribution in [-0.4, -0.2) is 12.2 Å². The van der Waals surface area contributed by atoms with Gasteiger partial charge in [0.05, 0.1) is 0 Å². The molecule has 2 aromatic rings. The summed E-state index contributed by atoms with van der Waals surface area (Å²) in [4.78, 5) is 2.56. The van der Waals surface area contributed by atoms with E-state index in [4.69, 9.17) is 0 Å². The van der Waals surface area contributed by atoms with Crippen molar-refractivity contribution in [3.63, 3.8) is 0 Å². The van der Waals surface area contributed by atoms with E-state index in [1.54, 1.807) is 23.5 Å². The molecule has 2 nitrogen and oxygen atoms in total. The van der Waals surface area contributed by atoms with Crippen LogP contribution in [0.15, 0.2) is 36.4 Å². The Morgan fingerprint density at radius 1 is 1.12 bits per heavy atom. The van der Waals surface area contributed by atoms with Gasteiger partial charge < -0.3 is 10.4 Å². The van der Waals surface area contributed by atoms with Crippen molar-refractivity contribution in [1.29, 1.82) is 0 Å². The number of benzene rings is 1. The SMILES string of the molecule is CNC(C)c1ccc(-c2ccc(O)cc2)s1. The molecule has 0 fully saturated rings. The molecule has 3 heteroatoms. The second kappa shape index (κ2) is 4.68. The van der Waals surface area contributed by atoms with Crippen molar-refractivity contribution < 1.29 is 5.11 Å². The highest BCUT2D eigenvalue weighted by Gasteiger charge is 2.07. The molecule has 0 spiro atoms. The molecule has 1 aromatic heterocycles. The van der Waals surface area contributed by atoms with Crippen LogP contribution in [0.3, 0.4) is 0 Å². The molecule has 2 rings (SSSR count). The normalized spacial score (nSPS) is 12.6. The van der Waals surface area contributed by atoms with Gasteiger partial charge in [-0.2, -0.15) is 0 Å². The van der Waals surface area contributed by atoms with Gasteiger partial charge in [-0.25, -0.2) is 0 Å². The largest absolute Gasteiger partial charge is 0.508 e. The summed E-state index contributed by atoms with van der Waals surface area (Å²) < 4.78 is 0. The Morgan fingerprint density at radius 2 is 1.81 bits per heavy atom. The van der Waals surface area contributed by atoms with Gasteiger partial charge in [-0.1, -0.05) is 0 Å². The van der Waals surface area contributed by atoms with Crippen LogP contribution in [0.1, 0.15) is 17.8 Å². The lowest BCUT2D eigenvalue weighted by Gasteiger charge is -2.05. The first-order chi connectivity index (χ1) is 7.70. The predicted octanol–water partition coefficient (Wildman–Crippen LogP) is 3.40. The molecule has 1 atom stereocenters. The van der Waals surface area contributed by atoms with Gasteiger partial charge in [0, 0.05) is 15.8 Å². The summed E-state index contributed by atoms with van der Waals surface area (Å²) in [6.45, 7) is 2.15. The molecule has 2 N–H and O–H groups in total. The van der Waals surface area contributed by atoms with E-state index < -0.39 is 0 Å². The molecular weight excluding hydrogens is 218 g/mol. The smallest absolute Gasteiger partial charge is 0.115 e. The van der Waals surface area contributed by atoms with Crippen molar-refractivity contribution in [3.8, 4) is 16.2 Å². The monoisotopic (exact) mass is 233 g/mol. The lowest BCUT2D eigenvalue weighted by Crippen LogP contribution is -2.10. The van der Waals surface area contributed by atoms with Gasteiger partial charge in [-0.05, 0) is 55.9 Å². The average Bonchev–Trinajstić information content (AvgIpc) is 2.78. The van der Waals surface area contributed by atoms with Crippen molar-refractivity contribution in [3.05, 3.63) is 41.3 Å². The number of hydrogen-bond acceptors (Lipinski definition) is 3. The second-order valence-electron chi connectivity index (χ2n) is 3.76. The number of aromatic hydroxyl groups is 1. The minimum Gasteiger partial charge on any atom is -0.508 e. The fourth-order valence-electron chi connectivity index (χ4n) is 1.51. The zero-order valence-electron chi connectivity index (χ0n) is 9.40. The van der Waals surface area contributed by atoms with Crippen molar-refractivity contribution in [2.45, 2.75) is 13.0 Å². The van der Waals surface area contributed by atoms with Gasteiger partial charge in [0.1, 0.15) is 5.75 Å². The summed E-state index contributed by atoms with van der Waals surface area (Å²) in [7, 11) is 1.96. The predicted molar refractivity (Wildman–Crippen MR) is 68.9 cm³/mol. The van der Waals surface area contributed by atoms with Crippen molar-refractivity contribution in [1.82, 2.24) is 5.32 Å². The van der Waals surface area contributed by atoms with Gasteiger partial charge >= 0.3 is 0 Å². The molecule has 0 aliphatic carbocycles. The van der Waals surface area contributed by atoms with Crippen molar-refractivity contribution in [2.24, 2.45) is 0 Å². The summed E-state index contributed by atoms with van der Waals surface area (Å²) >= 11 is 1.78. The summed E-state index contributed by atoms with van der Waals surface area (Å²) in [6.07, 6.45) is 0. The van der Waals surface area contributed by atoms with Crippen LogP contribution in [0.25, 0.3) is 10.4 Å². The first-order valence-electron chi connectivity index (χ1n) is 5.27. The van der Waals surface area contributed by atoms with Crippen LogP contribution < -0.4 is 5.32 Å². The fraction of sp³-hybridized carbons (Fsp3) is 0.231. The minimum atomic E-state index is 0.309. The van der Waals surface area contributed by atoms with E-state index in [9.17, 15) is 5.11 Å². The molecule has 1 aromatic carbocycles. The van der Waals surface area contributed by atoms with Crippen molar-refractivity contribution >= 4 is 11.3 Å². The van der Waals surface area contributed by atoms with E-state index in [0.29, 0.717) is 11.8 Å². The van der Waals surface area contributed by atoms with Crippen LogP contribution >= 0.6 is 11.3 Å². The Balaban J connectivity index is 2.28. The maximum Gasteiger partial charge on any atom is 0.115 e. The maximum atomic E-state index is 9.23. The highest BCUT2D eigenvalue weighted by molar-refractivity contribution is 7.15. The van der Waals surface area contributed by atoms with Crippen LogP contribution in [0.5, 0.6) is 5.75 Å². The molecule has 0 bridgehead atoms. The third-order valence-corrected chi connectivity index (χ3v) is 3.96. The van der Waals surface area contributed by atoms with Gasteiger partial charge in [0.15, 0.2) is 0 Å². The maximum absolute atomic E-state index is 9.23. The Hall–Kier alpha value is -1.32. The Bertz CT molecular complexity index is 461. The summed E-state index contributed by atoms with van der Waals surface area (Å²) in [5.41, 5.74) is 1.15. The second-order valence-corrected chi connectivity index (χ2v) is 4.87. The van der Waals surface area contributed by atoms with Gasteiger partial charge in [0.2, 0.25) is 0 Å². The number of phenols is 1. The van der Waals surface area contributed by atoms with Gasteiger partial charge in [-0.3, -0.25) is 0 Å². The molecule has 0 saturated carbocycles. The highest BCUT2D eigenvalue weighted by Crippen LogP contribution is 2.31. The third-order valence-electron chi connectivity index (χ3n) is 2.64. The van der Waals surface area contributed by atoms with E-state index >= 15 is 0 Å². The number of thiophene rings is 1. The van der Waals surface area contributed by atoms with Crippen LogP contribution in [0, 0.1) is 0 Å². The van der Waals surface area contributed by atoms with Crippen LogP contribution in [0.4, 0.5) is 0 Å². The topological polar surface area (TPSA) is 32.3 Å². The van der Waals surface area contributed by atoms with Gasteiger partial charge in [0.25, 0.3) is 0 Å². The third kappa shape index (κ3) is 2.26. The quantitative estimate of drug-likeness (QED) is 0.851. The van der Waals surface area contributed by atoms with Crippen LogP contribution in [0.2, 0.25) is 0 Å². The first-order valence-corrected chi connectivity index (χ1v) is 6.09. The number of hydrogen-bond donors (Lipinski definition) is 2. The molecule has 0 aliphatic heterocycles. The minimum absolute atomic E-state index is 0.309. The molecule has 0 amide bonds. The molecule has 84 valence electrons. The average molecular weight is 233 g/mol. The Labute approximate surface area is 99.6 Å². The summed E-state index contributed by atoms with van der Waals surface area (Å²) in [5, 5.41) is 12.5. The summed E-state index contributed by atoms with van der Waals surface area (Å²) in [6, 6.07) is 12.0. The molecule has 1 unspecified atom stereocenters. The lowest BCUT2D eigenvalue weighted by atomic mass is 10.2. The Morgan fingerprint density at radius 3 is 2.44 bits per heavy atom. The van der Waals surface area contributed by atoms with E-state index in [-0.39, 0.29) is 0 Å². The number of nitrogens with one attached hydrogen (secondary N) is 1. The molecule has 16 heavy (non-hydrogen) atoms. The zero-order valence-corrected chi connectivity index (χ0v) is 10.2. The lowest BCUT2D eigenvalue weighted by molar-refractivity contribution is 0.475. The molecule has 0 radical (unpaired) electrons. The number of rotatable bonds is 3. The molecule has 0 aliphatic rings. The number of phenolic OH excluding ortho intramolecular Hbond substituents is 1. The van der Waals surface area contributed by atoms with E-state index in [2.05, 4.69) is 24.4 Å². The molecule has 0 saturated heterocycles. The van der Waals surface area contributed by atoms with Crippen LogP contribution in [-0.2, 0) is 0 Å². The molecular formula is C13H15NOS. The summed E-state index contributed by atoms with van der Waals surface area (Å²) in [5.74, 6) is 0.309. The zero-order chi connectivity index (χ0) is 11.5. The van der Waals surface area contributed by atoms with E-state index in [1.165, 1.54) is 9.75 Å².